The molecule has 5 aromatic carbocycles. The van der Waals surface area contributed by atoms with Gasteiger partial charge in [-0.1, -0.05) is 118 Å². The minimum absolute atomic E-state index is 0.00714. The molecule has 0 N–H and O–H groups in total. The Hall–Kier alpha value is -4.48. The van der Waals surface area contributed by atoms with Gasteiger partial charge in [-0.05, 0) is 130 Å². The monoisotopic (exact) mass is 779 g/mol. The number of hydrogen-bond donors (Lipinski definition) is 0. The number of fused-ring (bicyclic) bond motifs is 12. The molecule has 0 saturated heterocycles. The summed E-state index contributed by atoms with van der Waals surface area (Å²) in [5, 5.41) is 1.37. The van der Waals surface area contributed by atoms with Crippen molar-refractivity contribution in [3.63, 3.8) is 0 Å². The third kappa shape index (κ3) is 4.63. The van der Waals surface area contributed by atoms with Crippen molar-refractivity contribution in [1.82, 2.24) is 0 Å². The molecule has 0 bridgehead atoms. The van der Waals surface area contributed by atoms with Crippen LogP contribution in [-0.2, 0) is 21.7 Å². The summed E-state index contributed by atoms with van der Waals surface area (Å²) in [6.45, 7) is 28.7. The van der Waals surface area contributed by atoms with E-state index in [0.717, 1.165) is 0 Å². The Kier molecular flexibility index (Phi) is 7.20. The van der Waals surface area contributed by atoms with E-state index >= 15 is 0 Å². The first-order valence-electron chi connectivity index (χ1n) is 21.9. The molecule has 2 unspecified atom stereocenters. The standard InChI is InChI=1S/C53H58BN3S/c1-31-27-41-44-42(28-31)56-39-23-17-34(51(8,9)10)30-40(39)57-46-37(52(11)25-13-14-26-53(52,57)12)21-22-38(47(46)56)54(44)48-45(36-29-33(50(5,6)7)18-24-43(36)58-48)55(41)35-19-15-32(16-20-35)49(2,3)4/h15-24,27-30H,13-14,25-26H2,1-12H3. The lowest BCUT2D eigenvalue weighted by molar-refractivity contribution is 0.195. The summed E-state index contributed by atoms with van der Waals surface area (Å²) in [6.07, 6.45) is 4.99. The fraction of sp³-hybridized carbons (Fsp3) is 0.396. The molecular formula is C53H58BN3S. The van der Waals surface area contributed by atoms with Crippen LogP contribution in [0.1, 0.15) is 130 Å². The molecule has 6 aromatic rings. The smallest absolute Gasteiger partial charge is 0.264 e. The second-order valence-electron chi connectivity index (χ2n) is 21.9. The average Bonchev–Trinajstić information content (AvgIpc) is 3.63. The van der Waals surface area contributed by atoms with Gasteiger partial charge in [0.1, 0.15) is 0 Å². The number of nitrogens with zero attached hydrogens (tertiary/aromatic N) is 3. The van der Waals surface area contributed by atoms with Crippen LogP contribution in [0.3, 0.4) is 0 Å². The molecule has 0 radical (unpaired) electrons. The molecule has 4 aliphatic heterocycles. The second kappa shape index (κ2) is 11.4. The zero-order valence-electron chi connectivity index (χ0n) is 36.7. The van der Waals surface area contributed by atoms with Crippen molar-refractivity contribution in [3.05, 3.63) is 113 Å². The van der Waals surface area contributed by atoms with Gasteiger partial charge in [0.25, 0.3) is 6.71 Å². The topological polar surface area (TPSA) is 9.72 Å². The molecular weight excluding hydrogens is 721 g/mol. The number of anilines is 8. The number of rotatable bonds is 1. The summed E-state index contributed by atoms with van der Waals surface area (Å²) in [7, 11) is 0. The van der Waals surface area contributed by atoms with Gasteiger partial charge in [0.15, 0.2) is 0 Å². The van der Waals surface area contributed by atoms with Crippen molar-refractivity contribution in [2.75, 3.05) is 14.7 Å². The third-order valence-electron chi connectivity index (χ3n) is 15.2. The molecule has 5 heteroatoms. The Labute approximate surface area is 351 Å². The lowest BCUT2D eigenvalue weighted by Gasteiger charge is -2.53. The maximum Gasteiger partial charge on any atom is 0.264 e. The third-order valence-corrected chi connectivity index (χ3v) is 16.4. The van der Waals surface area contributed by atoms with E-state index in [-0.39, 0.29) is 33.9 Å². The Bertz CT molecular complexity index is 2750. The summed E-state index contributed by atoms with van der Waals surface area (Å²) >= 11 is 2.02. The highest BCUT2D eigenvalue weighted by atomic mass is 32.1. The number of benzene rings is 5. The van der Waals surface area contributed by atoms with Gasteiger partial charge in [-0.3, -0.25) is 0 Å². The van der Waals surface area contributed by atoms with Crippen molar-refractivity contribution in [2.24, 2.45) is 0 Å². The lowest BCUT2D eigenvalue weighted by Crippen LogP contribution is -2.61. The molecule has 5 aliphatic rings. The quantitative estimate of drug-likeness (QED) is 0.154. The predicted molar refractivity (Wildman–Crippen MR) is 253 cm³/mol. The Morgan fingerprint density at radius 3 is 1.90 bits per heavy atom. The molecule has 11 rings (SSSR count). The molecule has 294 valence electrons. The first-order chi connectivity index (χ1) is 27.3. The summed E-state index contributed by atoms with van der Waals surface area (Å²) in [5.41, 5.74) is 20.9. The molecule has 1 fully saturated rings. The highest BCUT2D eigenvalue weighted by Crippen LogP contribution is 2.68. The van der Waals surface area contributed by atoms with Crippen LogP contribution in [0.2, 0.25) is 0 Å². The normalized spacial score (nSPS) is 21.5. The highest BCUT2D eigenvalue weighted by Gasteiger charge is 2.62. The van der Waals surface area contributed by atoms with Gasteiger partial charge < -0.3 is 14.7 Å². The van der Waals surface area contributed by atoms with Gasteiger partial charge in [-0.15, -0.1) is 11.3 Å². The van der Waals surface area contributed by atoms with Gasteiger partial charge >= 0.3 is 0 Å². The first kappa shape index (κ1) is 36.6. The maximum absolute atomic E-state index is 2.87. The Morgan fingerprint density at radius 2 is 1.21 bits per heavy atom. The van der Waals surface area contributed by atoms with Crippen molar-refractivity contribution in [1.29, 1.82) is 0 Å². The van der Waals surface area contributed by atoms with Crippen LogP contribution >= 0.6 is 11.3 Å². The fourth-order valence-electron chi connectivity index (χ4n) is 11.7. The van der Waals surface area contributed by atoms with Crippen LogP contribution in [0.25, 0.3) is 10.1 Å². The second-order valence-corrected chi connectivity index (χ2v) is 23.0. The van der Waals surface area contributed by atoms with Crippen molar-refractivity contribution < 1.29 is 0 Å². The fourth-order valence-corrected chi connectivity index (χ4v) is 13.0. The van der Waals surface area contributed by atoms with Crippen LogP contribution < -0.4 is 30.4 Å². The van der Waals surface area contributed by atoms with Crippen LogP contribution in [0.15, 0.2) is 84.9 Å². The first-order valence-corrected chi connectivity index (χ1v) is 22.7. The minimum atomic E-state index is -0.00714. The molecule has 1 saturated carbocycles. The van der Waals surface area contributed by atoms with E-state index in [1.54, 1.807) is 5.56 Å². The Morgan fingerprint density at radius 1 is 0.586 bits per heavy atom. The molecule has 1 aromatic heterocycles. The van der Waals surface area contributed by atoms with Crippen LogP contribution in [0.5, 0.6) is 0 Å². The van der Waals surface area contributed by atoms with Crippen LogP contribution in [0, 0.1) is 6.92 Å². The summed E-state index contributed by atoms with van der Waals surface area (Å²) < 4.78 is 2.83. The van der Waals surface area contributed by atoms with Gasteiger partial charge in [0.05, 0.1) is 34.0 Å². The van der Waals surface area contributed by atoms with Gasteiger partial charge in [0.2, 0.25) is 0 Å². The number of hydrogen-bond acceptors (Lipinski definition) is 4. The van der Waals surface area contributed by atoms with Gasteiger partial charge in [-0.25, -0.2) is 0 Å². The van der Waals surface area contributed by atoms with E-state index in [2.05, 4.69) is 183 Å². The zero-order chi connectivity index (χ0) is 40.6. The van der Waals surface area contributed by atoms with Gasteiger partial charge in [-0.2, -0.15) is 0 Å². The molecule has 5 heterocycles. The van der Waals surface area contributed by atoms with E-state index in [0.29, 0.717) is 0 Å². The van der Waals surface area contributed by atoms with Crippen molar-refractivity contribution in [3.8, 4) is 0 Å². The summed E-state index contributed by atoms with van der Waals surface area (Å²) in [6, 6.07) is 34.4. The largest absolute Gasteiger partial charge is 0.331 e. The van der Waals surface area contributed by atoms with E-state index in [4.69, 9.17) is 0 Å². The molecule has 2 atom stereocenters. The Balaban J connectivity index is 1.26. The zero-order valence-corrected chi connectivity index (χ0v) is 37.6. The predicted octanol–water partition coefficient (Wildman–Crippen LogP) is 13.2. The number of thiophene rings is 1. The molecule has 58 heavy (non-hydrogen) atoms. The van der Waals surface area contributed by atoms with Crippen LogP contribution in [-0.4, -0.2) is 12.3 Å². The van der Waals surface area contributed by atoms with Crippen molar-refractivity contribution in [2.45, 2.75) is 136 Å². The maximum atomic E-state index is 2.87. The summed E-state index contributed by atoms with van der Waals surface area (Å²) in [5.74, 6) is 0. The van der Waals surface area contributed by atoms with E-state index < -0.39 is 0 Å². The summed E-state index contributed by atoms with van der Waals surface area (Å²) in [4.78, 5) is 8.23. The van der Waals surface area contributed by atoms with Crippen LogP contribution in [0.4, 0.5) is 45.5 Å². The van der Waals surface area contributed by atoms with E-state index in [9.17, 15) is 0 Å². The van der Waals surface area contributed by atoms with Crippen molar-refractivity contribution >= 4 is 89.3 Å². The van der Waals surface area contributed by atoms with E-state index in [1.165, 1.54) is 119 Å². The molecule has 3 nitrogen and oxygen atoms in total. The highest BCUT2D eigenvalue weighted by molar-refractivity contribution is 7.33. The van der Waals surface area contributed by atoms with Gasteiger partial charge in [0, 0.05) is 37.3 Å². The van der Waals surface area contributed by atoms with E-state index in [1.807, 2.05) is 11.3 Å². The molecule has 0 spiro atoms. The molecule has 0 amide bonds. The lowest BCUT2D eigenvalue weighted by atomic mass is 9.36. The average molecular weight is 780 g/mol. The minimum Gasteiger partial charge on any atom is -0.331 e. The number of aryl methyl sites for hydroxylation is 1. The molecule has 1 aliphatic carbocycles. The SMILES string of the molecule is Cc1cc2c3c(c1)N(c1ccc(C(C)(C)C)cc1)c1c(sc4ccc(C(C)(C)C)cc14)B3c1ccc3c4c1N2c1ccc(C(C)(C)C)cc1N4C1(C)CCCCC31C.